The maximum absolute atomic E-state index is 13.1. The van der Waals surface area contributed by atoms with Crippen molar-refractivity contribution in [2.24, 2.45) is 5.92 Å². The zero-order chi connectivity index (χ0) is 16.5. The number of amides is 1. The zero-order valence-electron chi connectivity index (χ0n) is 13.9. The third kappa shape index (κ3) is 2.79. The quantitative estimate of drug-likeness (QED) is 0.842. The number of hydrogen-bond donors (Lipinski definition) is 0. The molecule has 4 rings (SSSR count). The summed E-state index contributed by atoms with van der Waals surface area (Å²) in [6, 6.07) is 4.19. The Morgan fingerprint density at radius 1 is 1.29 bits per heavy atom. The van der Waals surface area contributed by atoms with E-state index in [2.05, 4.69) is 38.1 Å². The van der Waals surface area contributed by atoms with E-state index in [9.17, 15) is 4.79 Å². The van der Waals surface area contributed by atoms with E-state index in [1.54, 1.807) is 12.4 Å². The molecule has 1 fully saturated rings. The summed E-state index contributed by atoms with van der Waals surface area (Å²) in [7, 11) is 0. The van der Waals surface area contributed by atoms with Gasteiger partial charge in [-0.3, -0.25) is 4.79 Å². The van der Waals surface area contributed by atoms with Gasteiger partial charge in [-0.1, -0.05) is 0 Å². The molecule has 0 spiro atoms. The van der Waals surface area contributed by atoms with Crippen molar-refractivity contribution >= 4 is 23.2 Å². The van der Waals surface area contributed by atoms with Gasteiger partial charge in [-0.2, -0.15) is 0 Å². The summed E-state index contributed by atoms with van der Waals surface area (Å²) < 4.78 is 0. The van der Waals surface area contributed by atoms with Crippen molar-refractivity contribution < 1.29 is 4.79 Å². The lowest BCUT2D eigenvalue weighted by atomic mass is 9.93. The second kappa shape index (κ2) is 6.51. The van der Waals surface area contributed by atoms with Gasteiger partial charge >= 0.3 is 0 Å². The molecule has 2 aliphatic rings. The van der Waals surface area contributed by atoms with E-state index in [0.29, 0.717) is 5.91 Å². The van der Waals surface area contributed by atoms with E-state index in [-0.39, 0.29) is 12.0 Å². The number of aromatic nitrogens is 2. The molecule has 0 saturated carbocycles. The van der Waals surface area contributed by atoms with Gasteiger partial charge in [0, 0.05) is 36.9 Å². The number of rotatable bonds is 2. The molecule has 0 N–H and O–H groups in total. The minimum Gasteiger partial charge on any atom is -0.340 e. The number of piperidine rings is 1. The van der Waals surface area contributed by atoms with Crippen molar-refractivity contribution in [3.8, 4) is 0 Å². The van der Waals surface area contributed by atoms with Crippen LogP contribution in [0.1, 0.15) is 36.2 Å². The van der Waals surface area contributed by atoms with Crippen molar-refractivity contribution in [2.45, 2.75) is 32.2 Å². The molecule has 0 bridgehead atoms. The molecule has 0 aromatic carbocycles. The van der Waals surface area contributed by atoms with Crippen LogP contribution in [-0.2, 0) is 11.2 Å². The Bertz CT molecular complexity index is 717. The first kappa shape index (κ1) is 15.6. The van der Waals surface area contributed by atoms with E-state index in [0.717, 1.165) is 44.8 Å². The fraction of sp³-hybridized carbons (Fsp3) is 0.500. The molecule has 0 aliphatic carbocycles. The first-order valence-electron chi connectivity index (χ1n) is 8.63. The number of anilines is 1. The standard InChI is InChI=1S/C18H22N4OS/c1-13-15-6-11-24-16(15)5-10-22(13)17(23)14-4-2-9-21(12-14)18-19-7-3-8-20-18/h3,6-8,11,13-14H,2,4-5,9-10,12H2,1H3/t13-,14-/m0/s1. The molecule has 2 aromatic rings. The lowest BCUT2D eigenvalue weighted by Gasteiger charge is -2.39. The van der Waals surface area contributed by atoms with Crippen molar-refractivity contribution in [1.82, 2.24) is 14.9 Å². The van der Waals surface area contributed by atoms with E-state index >= 15 is 0 Å². The maximum atomic E-state index is 13.1. The largest absolute Gasteiger partial charge is 0.340 e. The second-order valence-electron chi connectivity index (χ2n) is 6.59. The highest BCUT2D eigenvalue weighted by molar-refractivity contribution is 7.10. The van der Waals surface area contributed by atoms with Crippen molar-refractivity contribution in [2.75, 3.05) is 24.5 Å². The highest BCUT2D eigenvalue weighted by Gasteiger charge is 2.35. The molecule has 2 atom stereocenters. The molecule has 4 heterocycles. The molecule has 2 aliphatic heterocycles. The molecule has 6 heteroatoms. The SMILES string of the molecule is C[C@H]1c2ccsc2CCN1C(=O)[C@H]1CCCN(c2ncccn2)C1. The van der Waals surface area contributed by atoms with Crippen molar-refractivity contribution in [1.29, 1.82) is 0 Å². The van der Waals surface area contributed by atoms with Crippen LogP contribution >= 0.6 is 11.3 Å². The van der Waals surface area contributed by atoms with Gasteiger partial charge in [0.25, 0.3) is 0 Å². The van der Waals surface area contributed by atoms with Gasteiger partial charge in [0.1, 0.15) is 0 Å². The van der Waals surface area contributed by atoms with Crippen LogP contribution in [0.25, 0.3) is 0 Å². The minimum atomic E-state index is 0.0465. The van der Waals surface area contributed by atoms with E-state index in [1.165, 1.54) is 10.4 Å². The average molecular weight is 342 g/mol. The summed E-state index contributed by atoms with van der Waals surface area (Å²) in [6.07, 6.45) is 6.49. The minimum absolute atomic E-state index is 0.0465. The van der Waals surface area contributed by atoms with Crippen LogP contribution in [-0.4, -0.2) is 40.4 Å². The van der Waals surface area contributed by atoms with Crippen molar-refractivity contribution in [3.63, 3.8) is 0 Å². The summed E-state index contributed by atoms with van der Waals surface area (Å²) >= 11 is 1.81. The summed E-state index contributed by atoms with van der Waals surface area (Å²) in [5.41, 5.74) is 1.33. The third-order valence-corrected chi connectivity index (χ3v) is 6.16. The Morgan fingerprint density at radius 2 is 2.12 bits per heavy atom. The number of thiophene rings is 1. The number of nitrogens with zero attached hydrogens (tertiary/aromatic N) is 4. The molecule has 0 unspecified atom stereocenters. The monoisotopic (exact) mass is 342 g/mol. The van der Waals surface area contributed by atoms with Crippen LogP contribution in [0.4, 0.5) is 5.95 Å². The summed E-state index contributed by atoms with van der Waals surface area (Å²) in [5, 5.41) is 2.14. The fourth-order valence-electron chi connectivity index (χ4n) is 3.86. The van der Waals surface area contributed by atoms with Crippen LogP contribution < -0.4 is 4.90 Å². The molecular formula is C18H22N4OS. The van der Waals surface area contributed by atoms with Gasteiger partial charge in [0.15, 0.2) is 0 Å². The summed E-state index contributed by atoms with van der Waals surface area (Å²) in [6.45, 7) is 4.65. The second-order valence-corrected chi connectivity index (χ2v) is 7.59. The highest BCUT2D eigenvalue weighted by atomic mass is 32.1. The highest BCUT2D eigenvalue weighted by Crippen LogP contribution is 2.34. The normalized spacial score (nSPS) is 23.9. The van der Waals surface area contributed by atoms with E-state index in [1.807, 2.05) is 17.4 Å². The molecule has 0 radical (unpaired) electrons. The predicted molar refractivity (Wildman–Crippen MR) is 95.1 cm³/mol. The molecule has 126 valence electrons. The smallest absolute Gasteiger partial charge is 0.227 e. The molecule has 5 nitrogen and oxygen atoms in total. The predicted octanol–water partition coefficient (Wildman–Crippen LogP) is 2.90. The van der Waals surface area contributed by atoms with Gasteiger partial charge in [0.2, 0.25) is 11.9 Å². The van der Waals surface area contributed by atoms with Crippen LogP contribution in [0.5, 0.6) is 0 Å². The van der Waals surface area contributed by atoms with Crippen LogP contribution in [0.2, 0.25) is 0 Å². The van der Waals surface area contributed by atoms with Crippen LogP contribution in [0, 0.1) is 5.92 Å². The molecular weight excluding hydrogens is 320 g/mol. The first-order chi connectivity index (χ1) is 11.7. The van der Waals surface area contributed by atoms with Gasteiger partial charge in [-0.05, 0) is 49.3 Å². The average Bonchev–Trinajstić information content (AvgIpc) is 3.12. The van der Waals surface area contributed by atoms with Gasteiger partial charge < -0.3 is 9.80 Å². The lowest BCUT2D eigenvalue weighted by Crippen LogP contribution is -2.47. The lowest BCUT2D eigenvalue weighted by molar-refractivity contribution is -0.138. The molecule has 2 aromatic heterocycles. The topological polar surface area (TPSA) is 49.3 Å². The fourth-order valence-corrected chi connectivity index (χ4v) is 4.82. The number of fused-ring (bicyclic) bond motifs is 1. The summed E-state index contributed by atoms with van der Waals surface area (Å²) in [4.78, 5) is 27.5. The summed E-state index contributed by atoms with van der Waals surface area (Å²) in [5.74, 6) is 1.08. The molecule has 1 saturated heterocycles. The third-order valence-electron chi connectivity index (χ3n) is 5.17. The molecule has 24 heavy (non-hydrogen) atoms. The Morgan fingerprint density at radius 3 is 2.96 bits per heavy atom. The maximum Gasteiger partial charge on any atom is 0.227 e. The van der Waals surface area contributed by atoms with Gasteiger partial charge in [-0.15, -0.1) is 11.3 Å². The Kier molecular flexibility index (Phi) is 4.22. The van der Waals surface area contributed by atoms with Crippen molar-refractivity contribution in [3.05, 3.63) is 40.3 Å². The Balaban J connectivity index is 1.48. The number of carbonyl (C=O) groups excluding carboxylic acids is 1. The molecule has 1 amide bonds. The van der Waals surface area contributed by atoms with E-state index in [4.69, 9.17) is 0 Å². The first-order valence-corrected chi connectivity index (χ1v) is 9.50. The van der Waals surface area contributed by atoms with Crippen LogP contribution in [0.3, 0.4) is 0 Å². The Labute approximate surface area is 146 Å². The number of carbonyl (C=O) groups is 1. The Hall–Kier alpha value is -1.95. The van der Waals surface area contributed by atoms with Gasteiger partial charge in [0.05, 0.1) is 12.0 Å². The zero-order valence-corrected chi connectivity index (χ0v) is 14.7. The van der Waals surface area contributed by atoms with E-state index < -0.39 is 0 Å². The van der Waals surface area contributed by atoms with Crippen LogP contribution in [0.15, 0.2) is 29.9 Å². The van der Waals surface area contributed by atoms with Gasteiger partial charge in [-0.25, -0.2) is 9.97 Å². The number of hydrogen-bond acceptors (Lipinski definition) is 5.